The third-order valence-electron chi connectivity index (χ3n) is 3.83. The van der Waals surface area contributed by atoms with E-state index < -0.39 is 19.9 Å². The van der Waals surface area contributed by atoms with Gasteiger partial charge in [0, 0.05) is 6.54 Å². The summed E-state index contributed by atoms with van der Waals surface area (Å²) in [6.07, 6.45) is 2.34. The van der Waals surface area contributed by atoms with Gasteiger partial charge in [-0.2, -0.15) is 0 Å². The first kappa shape index (κ1) is 15.2. The smallest absolute Gasteiger partial charge is 0.211 e. The minimum absolute atomic E-state index is 0.0622. The van der Waals surface area contributed by atoms with Crippen molar-refractivity contribution in [2.24, 2.45) is 11.8 Å². The molecule has 19 heavy (non-hydrogen) atoms. The Morgan fingerprint density at radius 3 is 2.37 bits per heavy atom. The van der Waals surface area contributed by atoms with Crippen LogP contribution >= 0.6 is 0 Å². The van der Waals surface area contributed by atoms with E-state index in [-0.39, 0.29) is 35.6 Å². The molecule has 0 aromatic rings. The van der Waals surface area contributed by atoms with Crippen molar-refractivity contribution < 1.29 is 16.8 Å². The van der Waals surface area contributed by atoms with Crippen molar-refractivity contribution in [3.05, 3.63) is 0 Å². The first-order valence-corrected chi connectivity index (χ1v) is 10.2. The molecule has 0 radical (unpaired) electrons. The van der Waals surface area contributed by atoms with Crippen molar-refractivity contribution >= 4 is 19.9 Å². The molecule has 0 aromatic carbocycles. The molecule has 2 fully saturated rings. The summed E-state index contributed by atoms with van der Waals surface area (Å²) in [7, 11) is -6.21. The minimum Gasteiger partial charge on any atom is -0.317 e. The Hall–Kier alpha value is -0.180. The van der Waals surface area contributed by atoms with Gasteiger partial charge in [0.05, 0.1) is 17.3 Å². The number of hydrogen-bond acceptors (Lipinski definition) is 5. The van der Waals surface area contributed by atoms with E-state index in [2.05, 4.69) is 10.0 Å². The normalized spacial score (nSPS) is 28.5. The van der Waals surface area contributed by atoms with Crippen LogP contribution in [0.4, 0.5) is 0 Å². The van der Waals surface area contributed by atoms with Crippen LogP contribution in [0.5, 0.6) is 0 Å². The van der Waals surface area contributed by atoms with Gasteiger partial charge in [0.25, 0.3) is 0 Å². The summed E-state index contributed by atoms with van der Waals surface area (Å²) < 4.78 is 49.0. The Bertz CT molecular complexity index is 495. The average Bonchev–Trinajstić information content (AvgIpc) is 2.67. The largest absolute Gasteiger partial charge is 0.317 e. The fourth-order valence-electron chi connectivity index (χ4n) is 2.70. The summed E-state index contributed by atoms with van der Waals surface area (Å²) in [4.78, 5) is 0. The topological polar surface area (TPSA) is 92.3 Å². The van der Waals surface area contributed by atoms with E-state index in [4.69, 9.17) is 0 Å². The number of sulfone groups is 1. The fraction of sp³-hybridized carbons (Fsp3) is 1.00. The molecule has 2 rings (SSSR count). The highest BCUT2D eigenvalue weighted by Crippen LogP contribution is 2.18. The van der Waals surface area contributed by atoms with Gasteiger partial charge in [0.1, 0.15) is 0 Å². The Balaban J connectivity index is 1.78. The monoisotopic (exact) mass is 310 g/mol. The van der Waals surface area contributed by atoms with Crippen molar-refractivity contribution in [3.8, 4) is 0 Å². The molecule has 6 nitrogen and oxygen atoms in total. The molecule has 0 amide bonds. The molecule has 0 saturated carbocycles. The van der Waals surface area contributed by atoms with E-state index in [1.54, 1.807) is 0 Å². The van der Waals surface area contributed by atoms with E-state index >= 15 is 0 Å². The van der Waals surface area contributed by atoms with Gasteiger partial charge in [-0.15, -0.1) is 0 Å². The lowest BCUT2D eigenvalue weighted by atomic mass is 10.0. The van der Waals surface area contributed by atoms with Crippen LogP contribution in [0.2, 0.25) is 0 Å². The molecule has 2 heterocycles. The van der Waals surface area contributed by atoms with Gasteiger partial charge >= 0.3 is 0 Å². The predicted octanol–water partition coefficient (Wildman–Crippen LogP) is -0.660. The molecule has 2 aliphatic rings. The SMILES string of the molecule is O=S1(=O)CCC(CNS(=O)(=O)CC2CCNCC2)C1. The lowest BCUT2D eigenvalue weighted by Crippen LogP contribution is -2.37. The van der Waals surface area contributed by atoms with E-state index in [0.29, 0.717) is 6.42 Å². The van der Waals surface area contributed by atoms with Crippen LogP contribution in [-0.4, -0.2) is 53.7 Å². The third-order valence-corrected chi connectivity index (χ3v) is 7.19. The quantitative estimate of drug-likeness (QED) is 0.703. The molecule has 112 valence electrons. The molecular formula is C11H22N2O4S2. The maximum Gasteiger partial charge on any atom is 0.211 e. The van der Waals surface area contributed by atoms with Crippen LogP contribution < -0.4 is 10.0 Å². The second-order valence-corrected chi connectivity index (χ2v) is 9.67. The van der Waals surface area contributed by atoms with Crippen LogP contribution in [0.3, 0.4) is 0 Å². The van der Waals surface area contributed by atoms with Crippen LogP contribution in [0.15, 0.2) is 0 Å². The highest BCUT2D eigenvalue weighted by Gasteiger charge is 2.29. The van der Waals surface area contributed by atoms with E-state index in [1.807, 2.05) is 0 Å². The van der Waals surface area contributed by atoms with E-state index in [0.717, 1.165) is 25.9 Å². The second kappa shape index (κ2) is 6.07. The third kappa shape index (κ3) is 5.02. The molecule has 1 atom stereocenters. The molecule has 8 heteroatoms. The summed E-state index contributed by atoms with van der Waals surface area (Å²) in [6, 6.07) is 0. The highest BCUT2D eigenvalue weighted by atomic mass is 32.2. The first-order valence-electron chi connectivity index (χ1n) is 6.75. The van der Waals surface area contributed by atoms with Crippen molar-refractivity contribution in [1.82, 2.24) is 10.0 Å². The zero-order valence-corrected chi connectivity index (χ0v) is 12.6. The number of hydrogen-bond donors (Lipinski definition) is 2. The zero-order chi connectivity index (χ0) is 13.9. The molecule has 2 aliphatic heterocycles. The van der Waals surface area contributed by atoms with E-state index in [9.17, 15) is 16.8 Å². The maximum atomic E-state index is 11.9. The molecular weight excluding hydrogens is 288 g/mol. The van der Waals surface area contributed by atoms with Crippen LogP contribution in [0, 0.1) is 11.8 Å². The molecule has 1 unspecified atom stereocenters. The van der Waals surface area contributed by atoms with Gasteiger partial charge in [0.2, 0.25) is 10.0 Å². The van der Waals surface area contributed by atoms with Gasteiger partial charge < -0.3 is 5.32 Å². The summed E-state index contributed by atoms with van der Waals surface area (Å²) in [5.41, 5.74) is 0. The Kier molecular flexibility index (Phi) is 4.86. The molecule has 0 aliphatic carbocycles. The predicted molar refractivity (Wildman–Crippen MR) is 74.1 cm³/mol. The molecule has 0 spiro atoms. The van der Waals surface area contributed by atoms with Crippen molar-refractivity contribution in [1.29, 1.82) is 0 Å². The summed E-state index contributed by atoms with van der Waals surface area (Å²) in [6.45, 7) is 2.01. The average molecular weight is 310 g/mol. The molecule has 2 saturated heterocycles. The lowest BCUT2D eigenvalue weighted by molar-refractivity contribution is 0.399. The lowest BCUT2D eigenvalue weighted by Gasteiger charge is -2.22. The Morgan fingerprint density at radius 2 is 1.79 bits per heavy atom. The molecule has 0 aromatic heterocycles. The van der Waals surface area contributed by atoms with Crippen LogP contribution in [0.25, 0.3) is 0 Å². The highest BCUT2D eigenvalue weighted by molar-refractivity contribution is 7.91. The first-order chi connectivity index (χ1) is 8.86. The minimum atomic E-state index is -3.28. The number of sulfonamides is 1. The number of rotatable bonds is 5. The summed E-state index contributed by atoms with van der Waals surface area (Å²) >= 11 is 0. The second-order valence-electron chi connectivity index (χ2n) is 5.59. The van der Waals surface area contributed by atoms with Gasteiger partial charge in [-0.3, -0.25) is 0 Å². The standard InChI is InChI=1S/C11H22N2O4S2/c14-18(15)6-3-11(8-18)7-13-19(16,17)9-10-1-4-12-5-2-10/h10-13H,1-9H2. The number of nitrogens with one attached hydrogen (secondary N) is 2. The van der Waals surface area contributed by atoms with Crippen molar-refractivity contribution in [3.63, 3.8) is 0 Å². The summed E-state index contributed by atoms with van der Waals surface area (Å²) in [5.74, 6) is 0.615. The van der Waals surface area contributed by atoms with Gasteiger partial charge in [-0.25, -0.2) is 21.6 Å². The molecule has 2 N–H and O–H groups in total. The maximum absolute atomic E-state index is 11.9. The van der Waals surface area contributed by atoms with Crippen molar-refractivity contribution in [2.45, 2.75) is 19.3 Å². The fourth-order valence-corrected chi connectivity index (χ4v) is 6.12. The van der Waals surface area contributed by atoms with Gasteiger partial charge in [-0.05, 0) is 44.2 Å². The summed E-state index contributed by atoms with van der Waals surface area (Å²) in [5, 5.41) is 3.20. The van der Waals surface area contributed by atoms with Crippen molar-refractivity contribution in [2.75, 3.05) is 36.9 Å². The number of piperidine rings is 1. The van der Waals surface area contributed by atoms with Gasteiger partial charge in [0.15, 0.2) is 9.84 Å². The Labute approximate surface area is 115 Å². The zero-order valence-electron chi connectivity index (χ0n) is 11.0. The van der Waals surface area contributed by atoms with Crippen LogP contribution in [-0.2, 0) is 19.9 Å². The van der Waals surface area contributed by atoms with Crippen LogP contribution in [0.1, 0.15) is 19.3 Å². The van der Waals surface area contributed by atoms with Gasteiger partial charge in [-0.1, -0.05) is 0 Å². The van der Waals surface area contributed by atoms with E-state index in [1.165, 1.54) is 0 Å². The Morgan fingerprint density at radius 1 is 1.11 bits per heavy atom. The molecule has 0 bridgehead atoms.